The molecule has 3 aromatic rings. The molecule has 0 saturated carbocycles. The van der Waals surface area contributed by atoms with Gasteiger partial charge in [0.15, 0.2) is 0 Å². The second-order valence-corrected chi connectivity index (χ2v) is 8.22. The number of amides is 2. The number of aromatic amines is 1. The van der Waals surface area contributed by atoms with Crippen molar-refractivity contribution in [1.29, 1.82) is 0 Å². The standard InChI is InChI=1S/C25H27N3O3/c1-3-13-27-15-22(29)28-20(25(27)30)14-18-16-9-5-7-11-19(16)26-23(18)24(28)17-10-6-8-12-21(17)31-4-2/h5-12,20,24,26H,3-4,13-15H2,1-2H3/t20-,24-/m0/s1. The molecule has 0 radical (unpaired) electrons. The molecule has 6 nitrogen and oxygen atoms in total. The van der Waals surface area contributed by atoms with Crippen molar-refractivity contribution in [2.24, 2.45) is 0 Å². The first kappa shape index (κ1) is 19.7. The first-order valence-corrected chi connectivity index (χ1v) is 11.0. The van der Waals surface area contributed by atoms with Crippen molar-refractivity contribution < 1.29 is 14.3 Å². The summed E-state index contributed by atoms with van der Waals surface area (Å²) in [6, 6.07) is 15.1. The Balaban J connectivity index is 1.72. The van der Waals surface area contributed by atoms with Gasteiger partial charge in [-0.25, -0.2) is 0 Å². The number of fused-ring (bicyclic) bond motifs is 4. The van der Waals surface area contributed by atoms with Gasteiger partial charge in [-0.05, 0) is 31.0 Å². The average Bonchev–Trinajstić information content (AvgIpc) is 3.15. The first-order chi connectivity index (χ1) is 15.1. The maximum absolute atomic E-state index is 13.4. The minimum atomic E-state index is -0.501. The number of nitrogens with zero attached hydrogens (tertiary/aromatic N) is 2. The molecule has 2 aromatic carbocycles. The second kappa shape index (κ2) is 7.76. The van der Waals surface area contributed by atoms with Gasteiger partial charge in [0.2, 0.25) is 11.8 Å². The molecular weight excluding hydrogens is 390 g/mol. The van der Waals surface area contributed by atoms with Gasteiger partial charge < -0.3 is 19.5 Å². The van der Waals surface area contributed by atoms with E-state index in [0.29, 0.717) is 19.6 Å². The molecule has 1 aromatic heterocycles. The molecule has 2 aliphatic rings. The van der Waals surface area contributed by atoms with Gasteiger partial charge in [-0.2, -0.15) is 0 Å². The monoisotopic (exact) mass is 417 g/mol. The molecule has 5 rings (SSSR count). The smallest absolute Gasteiger partial charge is 0.246 e. The third-order valence-corrected chi connectivity index (χ3v) is 6.35. The number of carbonyl (C=O) groups excluding carboxylic acids is 2. The van der Waals surface area contributed by atoms with Crippen LogP contribution >= 0.6 is 0 Å². The third-order valence-electron chi connectivity index (χ3n) is 6.35. The predicted molar refractivity (Wildman–Crippen MR) is 119 cm³/mol. The third kappa shape index (κ3) is 3.09. The van der Waals surface area contributed by atoms with Gasteiger partial charge in [0.1, 0.15) is 17.8 Å². The summed E-state index contributed by atoms with van der Waals surface area (Å²) in [5, 5.41) is 1.11. The van der Waals surface area contributed by atoms with Crippen molar-refractivity contribution in [3.8, 4) is 5.75 Å². The van der Waals surface area contributed by atoms with E-state index in [2.05, 4.69) is 11.1 Å². The van der Waals surface area contributed by atoms with E-state index in [1.54, 1.807) is 9.80 Å². The number of hydrogen-bond acceptors (Lipinski definition) is 3. The Bertz CT molecular complexity index is 1150. The average molecular weight is 418 g/mol. The van der Waals surface area contributed by atoms with Crippen LogP contribution < -0.4 is 4.74 Å². The topological polar surface area (TPSA) is 65.6 Å². The number of aromatic nitrogens is 1. The molecule has 160 valence electrons. The van der Waals surface area contributed by atoms with Gasteiger partial charge in [0, 0.05) is 35.1 Å². The number of H-pyrrole nitrogens is 1. The number of rotatable bonds is 5. The van der Waals surface area contributed by atoms with E-state index in [4.69, 9.17) is 4.74 Å². The van der Waals surface area contributed by atoms with Crippen molar-refractivity contribution in [2.45, 2.75) is 38.8 Å². The summed E-state index contributed by atoms with van der Waals surface area (Å²) in [5.41, 5.74) is 4.03. The normalized spacial score (nSPS) is 20.7. The molecule has 0 spiro atoms. The molecule has 0 bridgehead atoms. The fourth-order valence-corrected chi connectivity index (χ4v) is 5.10. The van der Waals surface area contributed by atoms with Crippen LogP contribution in [0.3, 0.4) is 0 Å². The Morgan fingerprint density at radius 1 is 1.06 bits per heavy atom. The van der Waals surface area contributed by atoms with Crippen molar-refractivity contribution in [2.75, 3.05) is 19.7 Å². The van der Waals surface area contributed by atoms with Crippen LogP contribution in [-0.4, -0.2) is 52.3 Å². The summed E-state index contributed by atoms with van der Waals surface area (Å²) in [4.78, 5) is 33.9. The Labute approximate surface area is 181 Å². The molecule has 6 heteroatoms. The molecule has 1 fully saturated rings. The predicted octanol–water partition coefficient (Wildman–Crippen LogP) is 3.66. The lowest BCUT2D eigenvalue weighted by molar-refractivity contribution is -0.158. The largest absolute Gasteiger partial charge is 0.494 e. The van der Waals surface area contributed by atoms with Crippen molar-refractivity contribution >= 4 is 22.7 Å². The van der Waals surface area contributed by atoms with Gasteiger partial charge in [-0.1, -0.05) is 43.3 Å². The van der Waals surface area contributed by atoms with Crippen LogP contribution in [0, 0.1) is 0 Å². The molecule has 1 N–H and O–H groups in total. The van der Waals surface area contributed by atoms with E-state index in [0.717, 1.165) is 39.9 Å². The SMILES string of the molecule is CCCN1CC(=O)N2[C@@H](c3ccccc3OCC)c3[nH]c4ccccc4c3C[C@H]2C1=O. The summed E-state index contributed by atoms with van der Waals surface area (Å²) in [6.07, 6.45) is 1.36. The number of para-hydroxylation sites is 2. The van der Waals surface area contributed by atoms with Gasteiger partial charge in [0.25, 0.3) is 0 Å². The Morgan fingerprint density at radius 2 is 1.84 bits per heavy atom. The molecule has 1 saturated heterocycles. The highest BCUT2D eigenvalue weighted by atomic mass is 16.5. The van der Waals surface area contributed by atoms with Crippen molar-refractivity contribution in [3.63, 3.8) is 0 Å². The van der Waals surface area contributed by atoms with Crippen LogP contribution in [-0.2, 0) is 16.0 Å². The number of benzene rings is 2. The van der Waals surface area contributed by atoms with Crippen LogP contribution in [0.1, 0.15) is 43.1 Å². The van der Waals surface area contributed by atoms with E-state index in [1.165, 1.54) is 0 Å². The molecule has 2 aliphatic heterocycles. The number of nitrogens with one attached hydrogen (secondary N) is 1. The van der Waals surface area contributed by atoms with Gasteiger partial charge in [0.05, 0.1) is 13.2 Å². The lowest BCUT2D eigenvalue weighted by Crippen LogP contribution is -2.63. The zero-order valence-electron chi connectivity index (χ0n) is 17.9. The maximum Gasteiger partial charge on any atom is 0.246 e. The minimum absolute atomic E-state index is 0.0151. The molecule has 31 heavy (non-hydrogen) atoms. The lowest BCUT2D eigenvalue weighted by atomic mass is 9.86. The fraction of sp³-hybridized carbons (Fsp3) is 0.360. The Morgan fingerprint density at radius 3 is 2.65 bits per heavy atom. The van der Waals surface area contributed by atoms with Crippen LogP contribution in [0.2, 0.25) is 0 Å². The van der Waals surface area contributed by atoms with Crippen LogP contribution in [0.4, 0.5) is 0 Å². The van der Waals surface area contributed by atoms with Crippen molar-refractivity contribution in [1.82, 2.24) is 14.8 Å². The maximum atomic E-state index is 13.4. The summed E-state index contributed by atoms with van der Waals surface area (Å²) >= 11 is 0. The van der Waals surface area contributed by atoms with E-state index >= 15 is 0 Å². The van der Waals surface area contributed by atoms with Crippen LogP contribution in [0.15, 0.2) is 48.5 Å². The van der Waals surface area contributed by atoms with E-state index < -0.39 is 6.04 Å². The van der Waals surface area contributed by atoms with E-state index in [9.17, 15) is 9.59 Å². The number of ether oxygens (including phenoxy) is 1. The Hall–Kier alpha value is -3.28. The molecular formula is C25H27N3O3. The highest BCUT2D eigenvalue weighted by molar-refractivity contribution is 5.97. The molecule has 3 heterocycles. The zero-order valence-corrected chi connectivity index (χ0v) is 17.9. The lowest BCUT2D eigenvalue weighted by Gasteiger charge is -2.47. The molecule has 2 atom stereocenters. The molecule has 0 aliphatic carbocycles. The first-order valence-electron chi connectivity index (χ1n) is 11.0. The van der Waals surface area contributed by atoms with E-state index in [1.807, 2.05) is 56.3 Å². The van der Waals surface area contributed by atoms with E-state index in [-0.39, 0.29) is 24.4 Å². The number of hydrogen-bond donors (Lipinski definition) is 1. The summed E-state index contributed by atoms with van der Waals surface area (Å²) in [5.74, 6) is 0.770. The summed E-state index contributed by atoms with van der Waals surface area (Å²) in [6.45, 7) is 5.25. The van der Waals surface area contributed by atoms with Crippen LogP contribution in [0.5, 0.6) is 5.75 Å². The van der Waals surface area contributed by atoms with Gasteiger partial charge >= 0.3 is 0 Å². The summed E-state index contributed by atoms with van der Waals surface area (Å²) < 4.78 is 5.93. The number of piperazine rings is 1. The fourth-order valence-electron chi connectivity index (χ4n) is 5.10. The second-order valence-electron chi connectivity index (χ2n) is 8.22. The molecule has 0 unspecified atom stereocenters. The van der Waals surface area contributed by atoms with Crippen molar-refractivity contribution in [3.05, 3.63) is 65.4 Å². The highest BCUT2D eigenvalue weighted by Crippen LogP contribution is 2.44. The minimum Gasteiger partial charge on any atom is -0.494 e. The summed E-state index contributed by atoms with van der Waals surface area (Å²) in [7, 11) is 0. The van der Waals surface area contributed by atoms with Gasteiger partial charge in [-0.3, -0.25) is 9.59 Å². The van der Waals surface area contributed by atoms with Gasteiger partial charge in [-0.15, -0.1) is 0 Å². The van der Waals surface area contributed by atoms with Crippen LogP contribution in [0.25, 0.3) is 10.9 Å². The highest BCUT2D eigenvalue weighted by Gasteiger charge is 2.48. The Kier molecular flexibility index (Phi) is 4.93. The zero-order chi connectivity index (χ0) is 21.5. The molecule has 2 amide bonds. The number of carbonyl (C=O) groups is 2. The quantitative estimate of drug-likeness (QED) is 0.689.